The average molecular weight is 253 g/mol. The highest BCUT2D eigenvalue weighted by Gasteiger charge is 2.27. The first kappa shape index (κ1) is 13.4. The van der Waals surface area contributed by atoms with Gasteiger partial charge >= 0.3 is 6.18 Å². The fourth-order valence-corrected chi connectivity index (χ4v) is 1.10. The van der Waals surface area contributed by atoms with E-state index in [9.17, 15) is 17.6 Å². The smallest absolute Gasteiger partial charge is 0.357 e. The molecule has 0 atom stereocenters. The van der Waals surface area contributed by atoms with E-state index < -0.39 is 25.0 Å². The Morgan fingerprint density at radius 1 is 1.47 bits per heavy atom. The summed E-state index contributed by atoms with van der Waals surface area (Å²) in [5.41, 5.74) is 2.08. The molecular weight excluding hydrogens is 242 g/mol. The molecule has 1 aromatic heterocycles. The molecule has 0 aromatic carbocycles. The Bertz CT molecular complexity index is 381. The van der Waals surface area contributed by atoms with Gasteiger partial charge in [0.2, 0.25) is 5.95 Å². The van der Waals surface area contributed by atoms with Crippen LogP contribution in [0.1, 0.15) is 6.42 Å². The van der Waals surface area contributed by atoms with E-state index in [-0.39, 0.29) is 11.8 Å². The number of anilines is 2. The predicted molar refractivity (Wildman–Crippen MR) is 53.7 cm³/mol. The highest BCUT2D eigenvalue weighted by Crippen LogP contribution is 2.22. The molecule has 0 radical (unpaired) electrons. The van der Waals surface area contributed by atoms with Gasteiger partial charge in [0.15, 0.2) is 11.6 Å². The van der Waals surface area contributed by atoms with Crippen LogP contribution >= 0.6 is 0 Å². The molecular formula is C8H11F4N5. The molecule has 0 saturated heterocycles. The third-order valence-electron chi connectivity index (χ3n) is 1.95. The van der Waals surface area contributed by atoms with Gasteiger partial charge in [-0.2, -0.15) is 18.2 Å². The average Bonchev–Trinajstić information content (AvgIpc) is 2.25. The molecule has 0 unspecified atom stereocenters. The lowest BCUT2D eigenvalue weighted by Gasteiger charge is -2.19. The van der Waals surface area contributed by atoms with Gasteiger partial charge < -0.3 is 4.90 Å². The summed E-state index contributed by atoms with van der Waals surface area (Å²) < 4.78 is 49.2. The molecule has 0 aliphatic rings. The highest BCUT2D eigenvalue weighted by molar-refractivity contribution is 5.42. The maximum absolute atomic E-state index is 13.3. The van der Waals surface area contributed by atoms with Gasteiger partial charge in [-0.05, 0) is 0 Å². The maximum Gasteiger partial charge on any atom is 0.390 e. The van der Waals surface area contributed by atoms with Crippen molar-refractivity contribution in [2.75, 3.05) is 23.9 Å². The molecule has 96 valence electrons. The van der Waals surface area contributed by atoms with Crippen molar-refractivity contribution in [2.24, 2.45) is 5.84 Å². The Balaban J connectivity index is 2.77. The van der Waals surface area contributed by atoms with E-state index in [1.54, 1.807) is 0 Å². The Morgan fingerprint density at radius 3 is 2.65 bits per heavy atom. The SMILES string of the molecule is CN(CCC(F)(F)F)c1nc(NN)ncc1F. The predicted octanol–water partition coefficient (Wildman–Crippen LogP) is 1.29. The lowest BCUT2D eigenvalue weighted by Crippen LogP contribution is -2.26. The number of nitrogens with one attached hydrogen (secondary N) is 1. The number of nitrogens with two attached hydrogens (primary N) is 1. The van der Waals surface area contributed by atoms with Gasteiger partial charge in [0.25, 0.3) is 0 Å². The van der Waals surface area contributed by atoms with Crippen LogP contribution in [0.3, 0.4) is 0 Å². The summed E-state index contributed by atoms with van der Waals surface area (Å²) >= 11 is 0. The molecule has 0 spiro atoms. The molecule has 1 aromatic rings. The van der Waals surface area contributed by atoms with Gasteiger partial charge in [-0.25, -0.2) is 15.2 Å². The van der Waals surface area contributed by atoms with Crippen LogP contribution < -0.4 is 16.2 Å². The Morgan fingerprint density at radius 2 is 2.12 bits per heavy atom. The number of halogens is 4. The summed E-state index contributed by atoms with van der Waals surface area (Å²) in [6.45, 7) is -0.401. The van der Waals surface area contributed by atoms with Crippen molar-refractivity contribution in [3.05, 3.63) is 12.0 Å². The van der Waals surface area contributed by atoms with E-state index in [1.807, 2.05) is 0 Å². The number of aromatic nitrogens is 2. The van der Waals surface area contributed by atoms with Crippen molar-refractivity contribution < 1.29 is 17.6 Å². The lowest BCUT2D eigenvalue weighted by atomic mass is 10.4. The van der Waals surface area contributed by atoms with E-state index in [1.165, 1.54) is 7.05 Å². The number of nitrogen functional groups attached to an aromatic ring is 1. The van der Waals surface area contributed by atoms with Gasteiger partial charge in [0.05, 0.1) is 12.6 Å². The summed E-state index contributed by atoms with van der Waals surface area (Å²) in [5, 5.41) is 0. The van der Waals surface area contributed by atoms with Crippen LogP contribution in [0.25, 0.3) is 0 Å². The van der Waals surface area contributed by atoms with Crippen LogP contribution in [-0.2, 0) is 0 Å². The molecule has 1 heterocycles. The molecule has 1 rings (SSSR count). The van der Waals surface area contributed by atoms with Gasteiger partial charge in [0.1, 0.15) is 0 Å². The molecule has 0 bridgehead atoms. The van der Waals surface area contributed by atoms with Crippen molar-refractivity contribution in [1.82, 2.24) is 9.97 Å². The van der Waals surface area contributed by atoms with Gasteiger partial charge in [0, 0.05) is 13.6 Å². The Hall–Kier alpha value is -1.64. The quantitative estimate of drug-likeness (QED) is 0.481. The van der Waals surface area contributed by atoms with E-state index in [0.717, 1.165) is 11.1 Å². The van der Waals surface area contributed by atoms with Crippen molar-refractivity contribution in [2.45, 2.75) is 12.6 Å². The monoisotopic (exact) mass is 253 g/mol. The first-order valence-electron chi connectivity index (χ1n) is 4.60. The second-order valence-corrected chi connectivity index (χ2v) is 3.30. The molecule has 0 fully saturated rings. The van der Waals surface area contributed by atoms with Crippen LogP contribution in [-0.4, -0.2) is 29.7 Å². The zero-order chi connectivity index (χ0) is 13.1. The van der Waals surface area contributed by atoms with E-state index in [2.05, 4.69) is 15.4 Å². The number of hydrazine groups is 1. The number of hydrogen-bond acceptors (Lipinski definition) is 5. The van der Waals surface area contributed by atoms with Crippen molar-refractivity contribution in [3.63, 3.8) is 0 Å². The zero-order valence-electron chi connectivity index (χ0n) is 8.92. The van der Waals surface area contributed by atoms with Crippen LogP contribution in [0.2, 0.25) is 0 Å². The van der Waals surface area contributed by atoms with Crippen LogP contribution in [0.15, 0.2) is 6.20 Å². The summed E-state index contributed by atoms with van der Waals surface area (Å²) in [7, 11) is 1.30. The lowest BCUT2D eigenvalue weighted by molar-refractivity contribution is -0.132. The van der Waals surface area contributed by atoms with Crippen molar-refractivity contribution in [3.8, 4) is 0 Å². The van der Waals surface area contributed by atoms with Crippen molar-refractivity contribution >= 4 is 11.8 Å². The van der Waals surface area contributed by atoms with Crippen LogP contribution in [0.5, 0.6) is 0 Å². The summed E-state index contributed by atoms with van der Waals surface area (Å²) in [6, 6.07) is 0. The first-order chi connectivity index (χ1) is 7.83. The number of alkyl halides is 3. The number of hydrogen-bond donors (Lipinski definition) is 2. The minimum atomic E-state index is -4.30. The second-order valence-electron chi connectivity index (χ2n) is 3.30. The van der Waals surface area contributed by atoms with Gasteiger partial charge in [-0.15, -0.1) is 0 Å². The minimum Gasteiger partial charge on any atom is -0.357 e. The fourth-order valence-electron chi connectivity index (χ4n) is 1.10. The first-order valence-corrected chi connectivity index (χ1v) is 4.60. The summed E-state index contributed by atoms with van der Waals surface area (Å²) in [5.74, 6) is 3.90. The standard InChI is InChI=1S/C8H11F4N5/c1-17(3-2-8(10,11)12)6-5(9)4-14-7(15-6)16-13/h4H,2-3,13H2,1H3,(H,14,15,16). The second kappa shape index (κ2) is 5.13. The highest BCUT2D eigenvalue weighted by atomic mass is 19.4. The minimum absolute atomic E-state index is 0.0692. The summed E-state index contributed by atoms with van der Waals surface area (Å²) in [4.78, 5) is 8.15. The maximum atomic E-state index is 13.3. The fraction of sp³-hybridized carbons (Fsp3) is 0.500. The van der Waals surface area contributed by atoms with Crippen LogP contribution in [0, 0.1) is 5.82 Å². The zero-order valence-corrected chi connectivity index (χ0v) is 8.92. The normalized spacial score (nSPS) is 11.4. The molecule has 5 nitrogen and oxygen atoms in total. The molecule has 3 N–H and O–H groups in total. The molecule has 9 heteroatoms. The molecule has 0 aliphatic carbocycles. The Kier molecular flexibility index (Phi) is 4.05. The third kappa shape index (κ3) is 4.02. The number of rotatable bonds is 4. The largest absolute Gasteiger partial charge is 0.390 e. The van der Waals surface area contributed by atoms with E-state index in [4.69, 9.17) is 5.84 Å². The van der Waals surface area contributed by atoms with E-state index in [0.29, 0.717) is 0 Å². The molecule has 0 saturated carbocycles. The molecule has 0 amide bonds. The molecule has 17 heavy (non-hydrogen) atoms. The third-order valence-corrected chi connectivity index (χ3v) is 1.95. The Labute approximate surface area is 94.6 Å². The van der Waals surface area contributed by atoms with Crippen molar-refractivity contribution in [1.29, 1.82) is 0 Å². The van der Waals surface area contributed by atoms with Gasteiger partial charge in [-0.1, -0.05) is 0 Å². The number of nitrogens with zero attached hydrogens (tertiary/aromatic N) is 3. The topological polar surface area (TPSA) is 67.1 Å². The summed E-state index contributed by atoms with van der Waals surface area (Å²) in [6.07, 6.45) is -4.52. The molecule has 0 aliphatic heterocycles. The van der Waals surface area contributed by atoms with E-state index >= 15 is 0 Å². The van der Waals surface area contributed by atoms with Crippen LogP contribution in [0.4, 0.5) is 29.3 Å². The van der Waals surface area contributed by atoms with Gasteiger partial charge in [-0.3, -0.25) is 5.43 Å².